The van der Waals surface area contributed by atoms with Crippen LogP contribution in [0.5, 0.6) is 5.88 Å². The van der Waals surface area contributed by atoms with Gasteiger partial charge in [-0.05, 0) is 19.4 Å². The summed E-state index contributed by atoms with van der Waals surface area (Å²) in [7, 11) is 1.68. The maximum Gasteiger partial charge on any atom is 0.218 e. The molecule has 0 radical (unpaired) electrons. The fourth-order valence-corrected chi connectivity index (χ4v) is 2.22. The first-order chi connectivity index (χ1) is 11.0. The summed E-state index contributed by atoms with van der Waals surface area (Å²) >= 11 is 0. The first kappa shape index (κ1) is 16.9. The Bertz CT molecular complexity index is 684. The van der Waals surface area contributed by atoms with Crippen molar-refractivity contribution >= 4 is 5.69 Å². The van der Waals surface area contributed by atoms with E-state index in [0.717, 1.165) is 12.0 Å². The van der Waals surface area contributed by atoms with Crippen LogP contribution < -0.4 is 10.5 Å². The molecule has 0 atom stereocenters. The van der Waals surface area contributed by atoms with Crippen molar-refractivity contribution in [2.45, 2.75) is 32.4 Å². The Morgan fingerprint density at radius 2 is 1.96 bits per heavy atom. The molecule has 0 spiro atoms. The van der Waals surface area contributed by atoms with Crippen LogP contribution in [0, 0.1) is 11.3 Å². The van der Waals surface area contributed by atoms with Gasteiger partial charge in [-0.15, -0.1) is 0 Å². The molecule has 2 N–H and O–H groups in total. The lowest BCUT2D eigenvalue weighted by molar-refractivity contribution is 0.00485. The van der Waals surface area contributed by atoms with Gasteiger partial charge in [0.2, 0.25) is 5.88 Å². The van der Waals surface area contributed by atoms with Gasteiger partial charge in [0, 0.05) is 19.6 Å². The van der Waals surface area contributed by atoms with E-state index in [1.165, 1.54) is 0 Å². The van der Waals surface area contributed by atoms with Crippen molar-refractivity contribution in [1.82, 2.24) is 4.57 Å². The summed E-state index contributed by atoms with van der Waals surface area (Å²) in [6.45, 7) is 5.02. The van der Waals surface area contributed by atoms with Gasteiger partial charge in [0.05, 0.1) is 24.4 Å². The number of nitriles is 1. The van der Waals surface area contributed by atoms with E-state index in [1.54, 1.807) is 13.2 Å². The van der Waals surface area contributed by atoms with Crippen molar-refractivity contribution in [2.75, 3.05) is 19.5 Å². The molecule has 1 heterocycles. The van der Waals surface area contributed by atoms with Gasteiger partial charge in [-0.2, -0.15) is 5.26 Å². The lowest BCUT2D eigenvalue weighted by Gasteiger charge is -2.23. The predicted molar refractivity (Wildman–Crippen MR) is 90.3 cm³/mol. The zero-order valence-corrected chi connectivity index (χ0v) is 13.9. The zero-order chi connectivity index (χ0) is 16.9. The van der Waals surface area contributed by atoms with E-state index in [9.17, 15) is 5.26 Å². The smallest absolute Gasteiger partial charge is 0.218 e. The minimum Gasteiger partial charge on any atom is -0.477 e. The molecule has 2 rings (SSSR count). The van der Waals surface area contributed by atoms with Crippen LogP contribution in [0.1, 0.15) is 31.5 Å². The number of nitrogens with zero attached hydrogens (tertiary/aromatic N) is 2. The topological polar surface area (TPSA) is 73.2 Å². The van der Waals surface area contributed by atoms with E-state index in [-0.39, 0.29) is 5.60 Å². The molecule has 1 aromatic heterocycles. The fourth-order valence-electron chi connectivity index (χ4n) is 2.22. The monoisotopic (exact) mass is 313 g/mol. The SMILES string of the molecule is COC(C)(C)CCOc1c(N)cc(C#N)n1Cc1ccccc1. The van der Waals surface area contributed by atoms with Gasteiger partial charge < -0.3 is 15.2 Å². The first-order valence-electron chi connectivity index (χ1n) is 7.58. The van der Waals surface area contributed by atoms with Gasteiger partial charge in [0.15, 0.2) is 0 Å². The minimum atomic E-state index is -0.260. The van der Waals surface area contributed by atoms with Gasteiger partial charge in [-0.1, -0.05) is 30.3 Å². The molecule has 0 aliphatic carbocycles. The molecule has 1 aromatic carbocycles. The van der Waals surface area contributed by atoms with Crippen LogP contribution in [0.2, 0.25) is 0 Å². The van der Waals surface area contributed by atoms with Crippen molar-refractivity contribution < 1.29 is 9.47 Å². The number of benzene rings is 1. The number of aromatic nitrogens is 1. The summed E-state index contributed by atoms with van der Waals surface area (Å²) in [6.07, 6.45) is 0.724. The number of anilines is 1. The third-order valence-corrected chi connectivity index (χ3v) is 3.87. The number of rotatable bonds is 7. The van der Waals surface area contributed by atoms with Crippen molar-refractivity contribution in [2.24, 2.45) is 0 Å². The highest BCUT2D eigenvalue weighted by molar-refractivity contribution is 5.55. The number of ether oxygens (including phenoxy) is 2. The molecule has 0 fully saturated rings. The van der Waals surface area contributed by atoms with Gasteiger partial charge in [0.1, 0.15) is 11.8 Å². The number of hydrogen-bond donors (Lipinski definition) is 1. The normalized spacial score (nSPS) is 11.2. The van der Waals surface area contributed by atoms with E-state index in [1.807, 2.05) is 48.7 Å². The van der Waals surface area contributed by atoms with E-state index in [4.69, 9.17) is 15.2 Å². The molecule has 0 aliphatic rings. The molecule has 0 amide bonds. The van der Waals surface area contributed by atoms with Crippen LogP contribution in [-0.2, 0) is 11.3 Å². The van der Waals surface area contributed by atoms with Crippen LogP contribution in [0.3, 0.4) is 0 Å². The van der Waals surface area contributed by atoms with Gasteiger partial charge >= 0.3 is 0 Å². The van der Waals surface area contributed by atoms with E-state index < -0.39 is 0 Å². The van der Waals surface area contributed by atoms with Crippen molar-refractivity contribution in [3.05, 3.63) is 47.7 Å². The molecule has 0 unspecified atom stereocenters. The number of hydrogen-bond acceptors (Lipinski definition) is 4. The van der Waals surface area contributed by atoms with Crippen LogP contribution >= 0.6 is 0 Å². The Hall–Kier alpha value is -2.45. The quantitative estimate of drug-likeness (QED) is 0.852. The van der Waals surface area contributed by atoms with Crippen LogP contribution in [-0.4, -0.2) is 23.9 Å². The summed E-state index contributed by atoms with van der Waals surface area (Å²) < 4.78 is 13.1. The first-order valence-corrected chi connectivity index (χ1v) is 7.58. The van der Waals surface area contributed by atoms with E-state index in [2.05, 4.69) is 6.07 Å². The van der Waals surface area contributed by atoms with Crippen molar-refractivity contribution in [1.29, 1.82) is 5.26 Å². The Labute approximate surface area is 137 Å². The second-order valence-electron chi connectivity index (χ2n) is 6.04. The molecule has 0 bridgehead atoms. The summed E-state index contributed by atoms with van der Waals surface area (Å²) in [6, 6.07) is 13.7. The standard InChI is InChI=1S/C18H23N3O2/c1-18(2,22-3)9-10-23-17-16(20)11-15(12-19)21(17)13-14-7-5-4-6-8-14/h4-8,11H,9-10,13,20H2,1-3H3. The maximum absolute atomic E-state index is 9.33. The zero-order valence-electron chi connectivity index (χ0n) is 13.9. The molecule has 5 nitrogen and oxygen atoms in total. The molecule has 0 aliphatic heterocycles. The van der Waals surface area contributed by atoms with Gasteiger partial charge in [-0.3, -0.25) is 4.57 Å². The van der Waals surface area contributed by atoms with E-state index in [0.29, 0.717) is 30.4 Å². The number of nitrogens with two attached hydrogens (primary N) is 1. The average molecular weight is 313 g/mol. The maximum atomic E-state index is 9.33. The molecule has 5 heteroatoms. The third kappa shape index (κ3) is 4.27. The van der Waals surface area contributed by atoms with Gasteiger partial charge in [0.25, 0.3) is 0 Å². The molecular weight excluding hydrogens is 290 g/mol. The minimum absolute atomic E-state index is 0.260. The summed E-state index contributed by atoms with van der Waals surface area (Å²) in [5, 5.41) is 9.33. The lowest BCUT2D eigenvalue weighted by atomic mass is 10.1. The molecule has 2 aromatic rings. The van der Waals surface area contributed by atoms with Gasteiger partial charge in [-0.25, -0.2) is 0 Å². The highest BCUT2D eigenvalue weighted by Crippen LogP contribution is 2.28. The fraction of sp³-hybridized carbons (Fsp3) is 0.389. The number of nitrogen functional groups attached to an aromatic ring is 1. The summed E-state index contributed by atoms with van der Waals surface area (Å²) in [5.41, 5.74) is 7.82. The Morgan fingerprint density at radius 3 is 2.57 bits per heavy atom. The summed E-state index contributed by atoms with van der Waals surface area (Å²) in [5.74, 6) is 0.539. The Kier molecular flexibility index (Phi) is 5.30. The second-order valence-corrected chi connectivity index (χ2v) is 6.04. The van der Waals surface area contributed by atoms with Crippen molar-refractivity contribution in [3.8, 4) is 11.9 Å². The largest absolute Gasteiger partial charge is 0.477 e. The van der Waals surface area contributed by atoms with Crippen LogP contribution in [0.15, 0.2) is 36.4 Å². The van der Waals surface area contributed by atoms with Crippen molar-refractivity contribution in [3.63, 3.8) is 0 Å². The van der Waals surface area contributed by atoms with E-state index >= 15 is 0 Å². The second kappa shape index (κ2) is 7.21. The molecule has 122 valence electrons. The Morgan fingerprint density at radius 1 is 1.26 bits per heavy atom. The van der Waals surface area contributed by atoms with Crippen LogP contribution in [0.4, 0.5) is 5.69 Å². The number of methoxy groups -OCH3 is 1. The molecule has 0 saturated heterocycles. The highest BCUT2D eigenvalue weighted by Gasteiger charge is 2.19. The molecular formula is C18H23N3O2. The molecule has 0 saturated carbocycles. The Balaban J connectivity index is 2.19. The molecule has 23 heavy (non-hydrogen) atoms. The predicted octanol–water partition coefficient (Wildman–Crippen LogP) is 3.18. The van der Waals surface area contributed by atoms with Crippen LogP contribution in [0.25, 0.3) is 0 Å². The third-order valence-electron chi connectivity index (χ3n) is 3.87. The summed E-state index contributed by atoms with van der Waals surface area (Å²) in [4.78, 5) is 0. The average Bonchev–Trinajstić information content (AvgIpc) is 2.84. The lowest BCUT2D eigenvalue weighted by Crippen LogP contribution is -2.25. The highest BCUT2D eigenvalue weighted by atomic mass is 16.5.